The highest BCUT2D eigenvalue weighted by Gasteiger charge is 2.44. The van der Waals surface area contributed by atoms with Crippen LogP contribution in [0.15, 0.2) is 0 Å². The fourth-order valence-corrected chi connectivity index (χ4v) is 4.84. The summed E-state index contributed by atoms with van der Waals surface area (Å²) in [5, 5.41) is 3.13. The maximum absolute atomic E-state index is 12.7. The number of hydrogen-bond acceptors (Lipinski definition) is 3. The number of hydrogen-bond donors (Lipinski definition) is 1. The molecule has 2 heterocycles. The van der Waals surface area contributed by atoms with E-state index < -0.39 is 28.7 Å². The van der Waals surface area contributed by atoms with Gasteiger partial charge in [0.05, 0.1) is 11.7 Å². The molecule has 0 radical (unpaired) electrons. The van der Waals surface area contributed by atoms with E-state index in [4.69, 9.17) is 0 Å². The third kappa shape index (κ3) is 4.08. The van der Waals surface area contributed by atoms with Crippen LogP contribution in [-0.4, -0.2) is 50.8 Å². The molecule has 118 valence electrons. The molecule has 2 unspecified atom stereocenters. The van der Waals surface area contributed by atoms with Gasteiger partial charge in [0.1, 0.15) is 0 Å². The molecule has 2 atom stereocenters. The minimum absolute atomic E-state index is 0.0139. The highest BCUT2D eigenvalue weighted by atomic mass is 32.2. The Hall–Kier alpha value is -0.340. The van der Waals surface area contributed by atoms with E-state index in [2.05, 4.69) is 5.32 Å². The lowest BCUT2D eigenvalue weighted by molar-refractivity contribution is -0.182. The predicted octanol–water partition coefficient (Wildman–Crippen LogP) is 1.59. The lowest BCUT2D eigenvalue weighted by Gasteiger charge is -2.34. The molecular weight excluding hydrogens is 293 g/mol. The molecule has 2 fully saturated rings. The maximum Gasteiger partial charge on any atom is 0.393 e. The summed E-state index contributed by atoms with van der Waals surface area (Å²) in [6, 6.07) is 0. The molecular formula is C12H21F3N2O2S. The summed E-state index contributed by atoms with van der Waals surface area (Å²) in [4.78, 5) is 0. The van der Waals surface area contributed by atoms with Gasteiger partial charge in [-0.1, -0.05) is 0 Å². The van der Waals surface area contributed by atoms with Gasteiger partial charge in [-0.3, -0.25) is 0 Å². The molecule has 0 spiro atoms. The average molecular weight is 314 g/mol. The second-order valence-corrected chi connectivity index (χ2v) is 7.74. The number of halogens is 3. The first-order valence-electron chi connectivity index (χ1n) is 7.04. The zero-order valence-corrected chi connectivity index (χ0v) is 12.1. The molecule has 0 aliphatic carbocycles. The first-order valence-corrected chi connectivity index (χ1v) is 8.65. The first kappa shape index (κ1) is 16.0. The standard InChI is InChI=1S/C12H21F3N2O2S/c13-12(14,15)11-4-2-6-17(8-11)20(18,19)9-10-3-1-5-16-7-10/h10-11,16H,1-9H2. The summed E-state index contributed by atoms with van der Waals surface area (Å²) < 4.78 is 63.7. The van der Waals surface area contributed by atoms with Gasteiger partial charge in [0.25, 0.3) is 0 Å². The van der Waals surface area contributed by atoms with Crippen LogP contribution in [0.4, 0.5) is 13.2 Å². The molecule has 2 rings (SSSR count). The van der Waals surface area contributed by atoms with Crippen molar-refractivity contribution in [3.8, 4) is 0 Å². The Kier molecular flexibility index (Phi) is 4.96. The highest BCUT2D eigenvalue weighted by molar-refractivity contribution is 7.89. The second kappa shape index (κ2) is 6.19. The molecule has 2 aliphatic rings. The number of sulfonamides is 1. The van der Waals surface area contributed by atoms with Crippen molar-refractivity contribution >= 4 is 10.0 Å². The molecule has 4 nitrogen and oxygen atoms in total. The van der Waals surface area contributed by atoms with Gasteiger partial charge in [-0.15, -0.1) is 0 Å². The minimum Gasteiger partial charge on any atom is -0.316 e. The number of piperidine rings is 2. The van der Waals surface area contributed by atoms with Crippen molar-refractivity contribution in [1.29, 1.82) is 0 Å². The molecule has 1 N–H and O–H groups in total. The van der Waals surface area contributed by atoms with Crippen molar-refractivity contribution in [2.45, 2.75) is 31.9 Å². The lowest BCUT2D eigenvalue weighted by atomic mass is 9.99. The molecule has 2 saturated heterocycles. The quantitative estimate of drug-likeness (QED) is 0.861. The molecule has 2 aliphatic heterocycles. The van der Waals surface area contributed by atoms with Crippen LogP contribution in [0.1, 0.15) is 25.7 Å². The van der Waals surface area contributed by atoms with Gasteiger partial charge in [0, 0.05) is 13.1 Å². The Labute approximate surface area is 117 Å². The van der Waals surface area contributed by atoms with Crippen LogP contribution in [0.5, 0.6) is 0 Å². The second-order valence-electron chi connectivity index (χ2n) is 5.73. The molecule has 0 bridgehead atoms. The van der Waals surface area contributed by atoms with Gasteiger partial charge in [0.2, 0.25) is 10.0 Å². The summed E-state index contributed by atoms with van der Waals surface area (Å²) in [5.74, 6) is -1.54. The average Bonchev–Trinajstić information content (AvgIpc) is 2.38. The monoisotopic (exact) mass is 314 g/mol. The normalized spacial score (nSPS) is 30.4. The van der Waals surface area contributed by atoms with Crippen LogP contribution in [-0.2, 0) is 10.0 Å². The van der Waals surface area contributed by atoms with Gasteiger partial charge in [-0.2, -0.15) is 13.2 Å². The summed E-state index contributed by atoms with van der Waals surface area (Å²) >= 11 is 0. The van der Waals surface area contributed by atoms with Crippen molar-refractivity contribution in [3.05, 3.63) is 0 Å². The number of alkyl halides is 3. The van der Waals surface area contributed by atoms with Crippen LogP contribution in [0.3, 0.4) is 0 Å². The van der Waals surface area contributed by atoms with Gasteiger partial charge >= 0.3 is 6.18 Å². The largest absolute Gasteiger partial charge is 0.393 e. The third-order valence-electron chi connectivity index (χ3n) is 4.09. The van der Waals surface area contributed by atoms with Crippen LogP contribution in [0.2, 0.25) is 0 Å². The van der Waals surface area contributed by atoms with Crippen LogP contribution in [0, 0.1) is 11.8 Å². The fraction of sp³-hybridized carbons (Fsp3) is 1.00. The smallest absolute Gasteiger partial charge is 0.316 e. The zero-order valence-electron chi connectivity index (χ0n) is 11.3. The summed E-state index contributed by atoms with van der Waals surface area (Å²) in [6.45, 7) is 1.33. The molecule has 0 saturated carbocycles. The molecule has 20 heavy (non-hydrogen) atoms. The number of nitrogens with one attached hydrogen (secondary N) is 1. The van der Waals surface area contributed by atoms with Crippen molar-refractivity contribution in [1.82, 2.24) is 9.62 Å². The minimum atomic E-state index is -4.30. The topological polar surface area (TPSA) is 49.4 Å². The van der Waals surface area contributed by atoms with E-state index in [1.807, 2.05) is 0 Å². The van der Waals surface area contributed by atoms with E-state index in [1.165, 1.54) is 0 Å². The Morgan fingerprint density at radius 2 is 1.95 bits per heavy atom. The van der Waals surface area contributed by atoms with E-state index in [-0.39, 0.29) is 31.1 Å². The van der Waals surface area contributed by atoms with Crippen LogP contribution >= 0.6 is 0 Å². The SMILES string of the molecule is O=S(=O)(CC1CCCNC1)N1CCCC(C(F)(F)F)C1. The lowest BCUT2D eigenvalue weighted by Crippen LogP contribution is -2.47. The predicted molar refractivity (Wildman–Crippen MR) is 69.7 cm³/mol. The Balaban J connectivity index is 1.97. The Morgan fingerprint density at radius 3 is 2.55 bits per heavy atom. The van der Waals surface area contributed by atoms with Gasteiger partial charge in [0.15, 0.2) is 0 Å². The Morgan fingerprint density at radius 1 is 1.20 bits per heavy atom. The van der Waals surface area contributed by atoms with Crippen LogP contribution in [0.25, 0.3) is 0 Å². The fourth-order valence-electron chi connectivity index (χ4n) is 2.93. The van der Waals surface area contributed by atoms with E-state index in [0.717, 1.165) is 23.7 Å². The van der Waals surface area contributed by atoms with Gasteiger partial charge in [-0.05, 0) is 44.7 Å². The third-order valence-corrected chi connectivity index (χ3v) is 6.10. The zero-order chi connectivity index (χ0) is 14.8. The van der Waals surface area contributed by atoms with Crippen LogP contribution < -0.4 is 5.32 Å². The number of nitrogens with zero attached hydrogens (tertiary/aromatic N) is 1. The maximum atomic E-state index is 12.7. The summed E-state index contributed by atoms with van der Waals surface area (Å²) in [6.07, 6.45) is -2.25. The van der Waals surface area contributed by atoms with Gasteiger partial charge < -0.3 is 5.32 Å². The van der Waals surface area contributed by atoms with E-state index in [1.54, 1.807) is 0 Å². The summed E-state index contributed by atoms with van der Waals surface area (Å²) in [5.41, 5.74) is 0. The molecule has 0 aromatic heterocycles. The van der Waals surface area contributed by atoms with E-state index in [0.29, 0.717) is 6.54 Å². The van der Waals surface area contributed by atoms with Crippen molar-refractivity contribution in [3.63, 3.8) is 0 Å². The number of rotatable bonds is 3. The van der Waals surface area contributed by atoms with E-state index in [9.17, 15) is 21.6 Å². The highest BCUT2D eigenvalue weighted by Crippen LogP contribution is 2.34. The molecule has 8 heteroatoms. The van der Waals surface area contributed by atoms with Crippen molar-refractivity contribution in [2.24, 2.45) is 11.8 Å². The molecule has 0 amide bonds. The van der Waals surface area contributed by atoms with Crippen molar-refractivity contribution in [2.75, 3.05) is 31.9 Å². The summed E-state index contributed by atoms with van der Waals surface area (Å²) in [7, 11) is -3.58. The Bertz CT molecular complexity index is 419. The van der Waals surface area contributed by atoms with Gasteiger partial charge in [-0.25, -0.2) is 12.7 Å². The van der Waals surface area contributed by atoms with E-state index >= 15 is 0 Å². The molecule has 0 aromatic carbocycles. The molecule has 0 aromatic rings. The van der Waals surface area contributed by atoms with Crippen molar-refractivity contribution < 1.29 is 21.6 Å². The first-order chi connectivity index (χ1) is 9.29.